The van der Waals surface area contributed by atoms with Crippen molar-refractivity contribution in [2.75, 3.05) is 18.6 Å². The van der Waals surface area contributed by atoms with Gasteiger partial charge in [-0.15, -0.1) is 11.8 Å². The van der Waals surface area contributed by atoms with Crippen LogP contribution in [0.1, 0.15) is 28.4 Å². The number of aromatic nitrogens is 2. The quantitative estimate of drug-likeness (QED) is 0.529. The van der Waals surface area contributed by atoms with Crippen LogP contribution in [0.15, 0.2) is 59.8 Å². The van der Waals surface area contributed by atoms with Crippen molar-refractivity contribution in [1.82, 2.24) is 9.78 Å². The fraction of sp³-hybridized carbons (Fsp3) is 0.318. The third-order valence-electron chi connectivity index (χ3n) is 5.18. The standard InChI is InChI=1S/C22H22F3N3OS/c1-27-13-15(12-26-27)14-28-10-9-20(17-5-3-4-6-18(17)22(23,24)25)30-21-11-16(29-2)7-8-19(21)28/h3-8,11-13,20H,9-10,14H2,1-2H3/t20-/m1/s1. The monoisotopic (exact) mass is 433 g/mol. The molecular weight excluding hydrogens is 411 g/mol. The maximum atomic E-state index is 13.6. The van der Waals surface area contributed by atoms with Crippen molar-refractivity contribution in [3.8, 4) is 5.75 Å². The van der Waals surface area contributed by atoms with Crippen molar-refractivity contribution >= 4 is 17.4 Å². The minimum atomic E-state index is -4.38. The summed E-state index contributed by atoms with van der Waals surface area (Å²) in [4.78, 5) is 3.12. The Morgan fingerprint density at radius 2 is 2.00 bits per heavy atom. The molecule has 0 N–H and O–H groups in total. The van der Waals surface area contributed by atoms with Gasteiger partial charge in [0.1, 0.15) is 5.75 Å². The van der Waals surface area contributed by atoms with Gasteiger partial charge in [-0.2, -0.15) is 18.3 Å². The highest BCUT2D eigenvalue weighted by molar-refractivity contribution is 7.99. The molecule has 0 unspecified atom stereocenters. The van der Waals surface area contributed by atoms with Gasteiger partial charge in [-0.05, 0) is 36.2 Å². The van der Waals surface area contributed by atoms with E-state index in [9.17, 15) is 13.2 Å². The summed E-state index contributed by atoms with van der Waals surface area (Å²) < 4.78 is 48.0. The summed E-state index contributed by atoms with van der Waals surface area (Å²) in [5.74, 6) is 0.687. The highest BCUT2D eigenvalue weighted by Gasteiger charge is 2.36. The Kier molecular flexibility index (Phi) is 5.69. The van der Waals surface area contributed by atoms with Gasteiger partial charge >= 0.3 is 6.18 Å². The largest absolute Gasteiger partial charge is 0.497 e. The van der Waals surface area contributed by atoms with E-state index in [0.29, 0.717) is 30.8 Å². The van der Waals surface area contributed by atoms with E-state index >= 15 is 0 Å². The number of anilines is 1. The van der Waals surface area contributed by atoms with Crippen LogP contribution in [0.3, 0.4) is 0 Å². The van der Waals surface area contributed by atoms with Crippen molar-refractivity contribution < 1.29 is 17.9 Å². The van der Waals surface area contributed by atoms with E-state index in [4.69, 9.17) is 4.74 Å². The number of alkyl halides is 3. The van der Waals surface area contributed by atoms with Crippen molar-refractivity contribution in [3.05, 3.63) is 71.5 Å². The number of aryl methyl sites for hydroxylation is 1. The van der Waals surface area contributed by atoms with Gasteiger partial charge in [0.25, 0.3) is 0 Å². The number of hydrogen-bond donors (Lipinski definition) is 0. The number of fused-ring (bicyclic) bond motifs is 1. The minimum Gasteiger partial charge on any atom is -0.497 e. The molecule has 158 valence electrons. The third-order valence-corrected chi connectivity index (χ3v) is 6.54. The number of hydrogen-bond acceptors (Lipinski definition) is 4. The molecule has 0 aliphatic carbocycles. The van der Waals surface area contributed by atoms with Crippen LogP contribution in [0.4, 0.5) is 18.9 Å². The molecule has 2 aromatic carbocycles. The van der Waals surface area contributed by atoms with E-state index in [-0.39, 0.29) is 5.25 Å². The van der Waals surface area contributed by atoms with Crippen molar-refractivity contribution in [3.63, 3.8) is 0 Å². The van der Waals surface area contributed by atoms with E-state index in [0.717, 1.165) is 16.1 Å². The third kappa shape index (κ3) is 4.28. The summed E-state index contributed by atoms with van der Waals surface area (Å²) >= 11 is 1.47. The fourth-order valence-electron chi connectivity index (χ4n) is 3.78. The first-order valence-electron chi connectivity index (χ1n) is 9.58. The average molecular weight is 433 g/mol. The number of nitrogens with zero attached hydrogens (tertiary/aromatic N) is 3. The Morgan fingerprint density at radius 3 is 2.70 bits per heavy atom. The zero-order chi connectivity index (χ0) is 21.3. The van der Waals surface area contributed by atoms with Gasteiger partial charge in [0.05, 0.1) is 24.6 Å². The summed E-state index contributed by atoms with van der Waals surface area (Å²) in [7, 11) is 3.46. The molecule has 0 fully saturated rings. The fourth-order valence-corrected chi connectivity index (χ4v) is 5.14. The lowest BCUT2D eigenvalue weighted by atomic mass is 10.0. The smallest absolute Gasteiger partial charge is 0.416 e. The summed E-state index contributed by atoms with van der Waals surface area (Å²) in [6.07, 6.45) is -0.0135. The molecule has 1 aliphatic heterocycles. The molecule has 30 heavy (non-hydrogen) atoms. The Balaban J connectivity index is 1.72. The van der Waals surface area contributed by atoms with Crippen LogP contribution in [0.5, 0.6) is 5.75 Å². The van der Waals surface area contributed by atoms with Gasteiger partial charge in [0.15, 0.2) is 0 Å². The lowest BCUT2D eigenvalue weighted by Crippen LogP contribution is -2.24. The number of ether oxygens (including phenoxy) is 1. The molecule has 0 amide bonds. The highest BCUT2D eigenvalue weighted by atomic mass is 32.2. The van der Waals surface area contributed by atoms with E-state index in [1.165, 1.54) is 23.9 Å². The zero-order valence-electron chi connectivity index (χ0n) is 16.7. The first kappa shape index (κ1) is 20.7. The molecular formula is C22H22F3N3OS. The Morgan fingerprint density at radius 1 is 1.20 bits per heavy atom. The van der Waals surface area contributed by atoms with Gasteiger partial charge < -0.3 is 9.64 Å². The zero-order valence-corrected chi connectivity index (χ0v) is 17.5. The highest BCUT2D eigenvalue weighted by Crippen LogP contribution is 2.49. The molecule has 1 aliphatic rings. The SMILES string of the molecule is COc1ccc2c(c1)S[C@@H](c1ccccc1C(F)(F)F)CCN2Cc1cnn(C)c1. The lowest BCUT2D eigenvalue weighted by Gasteiger charge is -2.24. The molecule has 0 saturated heterocycles. The normalized spacial score (nSPS) is 16.8. The second-order valence-electron chi connectivity index (χ2n) is 7.26. The summed E-state index contributed by atoms with van der Waals surface area (Å²) in [6.45, 7) is 1.28. The summed E-state index contributed by atoms with van der Waals surface area (Å²) in [5.41, 5.74) is 1.81. The number of methoxy groups -OCH3 is 1. The Labute approximate surface area is 177 Å². The Hall–Kier alpha value is -2.61. The van der Waals surface area contributed by atoms with Crippen molar-refractivity contribution in [2.24, 2.45) is 7.05 Å². The first-order valence-corrected chi connectivity index (χ1v) is 10.5. The number of rotatable bonds is 4. The molecule has 0 bridgehead atoms. The van der Waals surface area contributed by atoms with Crippen LogP contribution in [-0.4, -0.2) is 23.4 Å². The van der Waals surface area contributed by atoms with Gasteiger partial charge in [0, 0.05) is 42.0 Å². The Bertz CT molecular complexity index is 1030. The number of thioether (sulfide) groups is 1. The molecule has 1 atom stereocenters. The second-order valence-corrected chi connectivity index (χ2v) is 8.50. The molecule has 8 heteroatoms. The van der Waals surface area contributed by atoms with Crippen molar-refractivity contribution in [1.29, 1.82) is 0 Å². The predicted octanol–water partition coefficient (Wildman–Crippen LogP) is 5.69. The van der Waals surface area contributed by atoms with E-state index in [1.54, 1.807) is 23.9 Å². The van der Waals surface area contributed by atoms with Gasteiger partial charge in [-0.3, -0.25) is 4.68 Å². The molecule has 2 heterocycles. The number of halogens is 3. The molecule has 0 saturated carbocycles. The van der Waals surface area contributed by atoms with Crippen LogP contribution >= 0.6 is 11.8 Å². The predicted molar refractivity (Wildman–Crippen MR) is 112 cm³/mol. The van der Waals surface area contributed by atoms with Crippen molar-refractivity contribution in [2.45, 2.75) is 29.3 Å². The summed E-state index contributed by atoms with van der Waals surface area (Å²) in [5, 5.41) is 3.92. The van der Waals surface area contributed by atoms with Gasteiger partial charge in [-0.1, -0.05) is 18.2 Å². The summed E-state index contributed by atoms with van der Waals surface area (Å²) in [6, 6.07) is 11.7. The molecule has 1 aromatic heterocycles. The first-order chi connectivity index (χ1) is 14.3. The molecule has 0 radical (unpaired) electrons. The molecule has 4 rings (SSSR count). The molecule has 0 spiro atoms. The van der Waals surface area contributed by atoms with Gasteiger partial charge in [-0.25, -0.2) is 0 Å². The van der Waals surface area contributed by atoms with E-state index in [2.05, 4.69) is 10.00 Å². The van der Waals surface area contributed by atoms with Crippen LogP contribution < -0.4 is 9.64 Å². The van der Waals surface area contributed by atoms with Gasteiger partial charge in [0.2, 0.25) is 0 Å². The minimum absolute atomic E-state index is 0.312. The molecule has 3 aromatic rings. The maximum absolute atomic E-state index is 13.6. The topological polar surface area (TPSA) is 30.3 Å². The second kappa shape index (κ2) is 8.26. The lowest BCUT2D eigenvalue weighted by molar-refractivity contribution is -0.138. The van der Waals surface area contributed by atoms with Crippen LogP contribution in [0, 0.1) is 0 Å². The van der Waals surface area contributed by atoms with Crippen LogP contribution in [0.2, 0.25) is 0 Å². The average Bonchev–Trinajstić information content (AvgIpc) is 3.04. The van der Waals surface area contributed by atoms with E-state index in [1.807, 2.05) is 37.6 Å². The van der Waals surface area contributed by atoms with Crippen LogP contribution in [-0.2, 0) is 19.8 Å². The van der Waals surface area contributed by atoms with E-state index < -0.39 is 11.7 Å². The maximum Gasteiger partial charge on any atom is 0.416 e. The number of benzene rings is 2. The van der Waals surface area contributed by atoms with Crippen LogP contribution in [0.25, 0.3) is 0 Å². The molecule has 4 nitrogen and oxygen atoms in total.